The Balaban J connectivity index is 2.18. The number of rotatable bonds is 2. The second-order valence-electron chi connectivity index (χ2n) is 4.21. The molecular weight excluding hydrogens is 266 g/mol. The van der Waals surface area contributed by atoms with E-state index < -0.39 is 0 Å². The molecule has 1 saturated heterocycles. The van der Waals surface area contributed by atoms with Crippen LogP contribution >= 0.6 is 15.9 Å². The van der Waals surface area contributed by atoms with Crippen molar-refractivity contribution >= 4 is 21.8 Å². The molecule has 0 N–H and O–H groups in total. The van der Waals surface area contributed by atoms with Gasteiger partial charge in [-0.05, 0) is 37.5 Å². The summed E-state index contributed by atoms with van der Waals surface area (Å²) >= 11 is 3.40. The van der Waals surface area contributed by atoms with Gasteiger partial charge in [0.15, 0.2) is 0 Å². The molecular formula is C13H16BrNO. The van der Waals surface area contributed by atoms with E-state index in [1.807, 2.05) is 29.2 Å². The van der Waals surface area contributed by atoms with E-state index in [0.29, 0.717) is 6.04 Å². The molecule has 2 nitrogen and oxygen atoms in total. The van der Waals surface area contributed by atoms with Gasteiger partial charge >= 0.3 is 0 Å². The lowest BCUT2D eigenvalue weighted by atomic mass is 10.1. The normalized spacial score (nSPS) is 20.1. The van der Waals surface area contributed by atoms with Crippen molar-refractivity contribution in [1.82, 2.24) is 4.90 Å². The molecule has 0 radical (unpaired) electrons. The topological polar surface area (TPSA) is 20.3 Å². The largest absolute Gasteiger partial charge is 0.336 e. The molecule has 1 aromatic carbocycles. The van der Waals surface area contributed by atoms with Crippen LogP contribution in [0, 0.1) is 0 Å². The van der Waals surface area contributed by atoms with E-state index in [4.69, 9.17) is 0 Å². The number of halogens is 1. The third-order valence-corrected chi connectivity index (χ3v) is 3.67. The second-order valence-corrected chi connectivity index (χ2v) is 5.13. The lowest BCUT2D eigenvalue weighted by Crippen LogP contribution is -2.35. The van der Waals surface area contributed by atoms with Crippen LogP contribution in [-0.4, -0.2) is 23.4 Å². The van der Waals surface area contributed by atoms with Crippen molar-refractivity contribution < 1.29 is 4.79 Å². The van der Waals surface area contributed by atoms with Crippen LogP contribution in [0.5, 0.6) is 0 Å². The SMILES string of the molecule is CCC1CCCN1C(=O)c1cccc(Br)c1. The molecule has 1 aliphatic heterocycles. The Morgan fingerprint density at radius 1 is 1.56 bits per heavy atom. The van der Waals surface area contributed by atoms with Gasteiger partial charge in [0.2, 0.25) is 0 Å². The lowest BCUT2D eigenvalue weighted by molar-refractivity contribution is 0.0733. The summed E-state index contributed by atoms with van der Waals surface area (Å²) in [6.07, 6.45) is 3.34. The van der Waals surface area contributed by atoms with Gasteiger partial charge in [-0.25, -0.2) is 0 Å². The number of benzene rings is 1. The first-order chi connectivity index (χ1) is 7.72. The van der Waals surface area contributed by atoms with Crippen LogP contribution in [-0.2, 0) is 0 Å². The highest BCUT2D eigenvalue weighted by Gasteiger charge is 2.27. The molecule has 1 heterocycles. The third kappa shape index (κ3) is 2.29. The van der Waals surface area contributed by atoms with Crippen LogP contribution in [0.1, 0.15) is 36.5 Å². The summed E-state index contributed by atoms with van der Waals surface area (Å²) in [6, 6.07) is 8.07. The van der Waals surface area contributed by atoms with Gasteiger partial charge in [0.1, 0.15) is 0 Å². The Hall–Kier alpha value is -0.830. The van der Waals surface area contributed by atoms with Gasteiger partial charge in [-0.3, -0.25) is 4.79 Å². The van der Waals surface area contributed by atoms with Crippen LogP contribution in [0.15, 0.2) is 28.7 Å². The molecule has 0 saturated carbocycles. The number of hydrogen-bond acceptors (Lipinski definition) is 1. The molecule has 0 spiro atoms. The number of hydrogen-bond donors (Lipinski definition) is 0. The first-order valence-corrected chi connectivity index (χ1v) is 6.58. The molecule has 1 unspecified atom stereocenters. The fraction of sp³-hybridized carbons (Fsp3) is 0.462. The molecule has 1 aromatic rings. The minimum atomic E-state index is 0.172. The second kappa shape index (κ2) is 5.00. The zero-order valence-corrected chi connectivity index (χ0v) is 11.0. The quantitative estimate of drug-likeness (QED) is 0.813. The molecule has 0 bridgehead atoms. The minimum absolute atomic E-state index is 0.172. The number of carbonyl (C=O) groups is 1. The minimum Gasteiger partial charge on any atom is -0.336 e. The van der Waals surface area contributed by atoms with Crippen LogP contribution in [0.2, 0.25) is 0 Å². The Morgan fingerprint density at radius 3 is 3.06 bits per heavy atom. The van der Waals surface area contributed by atoms with Gasteiger partial charge in [0.25, 0.3) is 5.91 Å². The smallest absolute Gasteiger partial charge is 0.254 e. The molecule has 1 atom stereocenters. The van der Waals surface area contributed by atoms with E-state index in [2.05, 4.69) is 22.9 Å². The van der Waals surface area contributed by atoms with Gasteiger partial charge in [-0.15, -0.1) is 0 Å². The summed E-state index contributed by atoms with van der Waals surface area (Å²) in [6.45, 7) is 3.06. The molecule has 1 amide bonds. The van der Waals surface area contributed by atoms with E-state index in [-0.39, 0.29) is 5.91 Å². The zero-order chi connectivity index (χ0) is 11.5. The molecule has 16 heavy (non-hydrogen) atoms. The van der Waals surface area contributed by atoms with Crippen LogP contribution in [0.25, 0.3) is 0 Å². The zero-order valence-electron chi connectivity index (χ0n) is 9.45. The van der Waals surface area contributed by atoms with Gasteiger partial charge in [0.05, 0.1) is 0 Å². The molecule has 1 aliphatic rings. The monoisotopic (exact) mass is 281 g/mol. The van der Waals surface area contributed by atoms with Crippen molar-refractivity contribution in [2.75, 3.05) is 6.54 Å². The maximum absolute atomic E-state index is 12.3. The first-order valence-electron chi connectivity index (χ1n) is 5.79. The fourth-order valence-corrected chi connectivity index (χ4v) is 2.71. The molecule has 0 aliphatic carbocycles. The maximum atomic E-state index is 12.3. The van der Waals surface area contributed by atoms with Crippen molar-refractivity contribution in [2.24, 2.45) is 0 Å². The molecule has 3 heteroatoms. The first kappa shape index (κ1) is 11.6. The average Bonchev–Trinajstić information content (AvgIpc) is 2.76. The predicted octanol–water partition coefficient (Wildman–Crippen LogP) is 3.46. The highest BCUT2D eigenvalue weighted by molar-refractivity contribution is 9.10. The summed E-state index contributed by atoms with van der Waals surface area (Å²) in [4.78, 5) is 14.3. The van der Waals surface area contributed by atoms with Crippen LogP contribution in [0.3, 0.4) is 0 Å². The third-order valence-electron chi connectivity index (χ3n) is 3.18. The Bertz CT molecular complexity index is 391. The van der Waals surface area contributed by atoms with Crippen LogP contribution in [0.4, 0.5) is 0 Å². The summed E-state index contributed by atoms with van der Waals surface area (Å²) in [5.41, 5.74) is 0.787. The van der Waals surface area contributed by atoms with Crippen molar-refractivity contribution in [1.29, 1.82) is 0 Å². The number of amides is 1. The van der Waals surface area contributed by atoms with Gasteiger partial charge in [0, 0.05) is 22.6 Å². The van der Waals surface area contributed by atoms with Crippen molar-refractivity contribution in [2.45, 2.75) is 32.2 Å². The predicted molar refractivity (Wildman–Crippen MR) is 68.5 cm³/mol. The van der Waals surface area contributed by atoms with Gasteiger partial charge in [-0.2, -0.15) is 0 Å². The van der Waals surface area contributed by atoms with E-state index in [0.717, 1.165) is 35.8 Å². The summed E-state index contributed by atoms with van der Waals surface area (Å²) in [5, 5.41) is 0. The van der Waals surface area contributed by atoms with Crippen molar-refractivity contribution in [3.05, 3.63) is 34.3 Å². The van der Waals surface area contributed by atoms with E-state index in [9.17, 15) is 4.79 Å². The van der Waals surface area contributed by atoms with Crippen LogP contribution < -0.4 is 0 Å². The standard InChI is InChI=1S/C13H16BrNO/c1-2-12-7-4-8-15(12)13(16)10-5-3-6-11(14)9-10/h3,5-6,9,12H,2,4,7-8H2,1H3. The molecule has 1 fully saturated rings. The van der Waals surface area contributed by atoms with Gasteiger partial charge in [-0.1, -0.05) is 28.9 Å². The summed E-state index contributed by atoms with van der Waals surface area (Å²) in [5.74, 6) is 0.172. The highest BCUT2D eigenvalue weighted by Crippen LogP contribution is 2.23. The van der Waals surface area contributed by atoms with Crippen molar-refractivity contribution in [3.63, 3.8) is 0 Å². The van der Waals surface area contributed by atoms with E-state index in [1.165, 1.54) is 0 Å². The maximum Gasteiger partial charge on any atom is 0.254 e. The molecule has 0 aromatic heterocycles. The van der Waals surface area contributed by atoms with E-state index >= 15 is 0 Å². The van der Waals surface area contributed by atoms with Crippen molar-refractivity contribution in [3.8, 4) is 0 Å². The number of carbonyl (C=O) groups excluding carboxylic acids is 1. The highest BCUT2D eigenvalue weighted by atomic mass is 79.9. The Labute approximate surface area is 105 Å². The Morgan fingerprint density at radius 2 is 2.38 bits per heavy atom. The number of likely N-dealkylation sites (tertiary alicyclic amines) is 1. The molecule has 86 valence electrons. The molecule has 2 rings (SSSR count). The fourth-order valence-electron chi connectivity index (χ4n) is 2.31. The van der Waals surface area contributed by atoms with Gasteiger partial charge < -0.3 is 4.90 Å². The summed E-state index contributed by atoms with van der Waals surface area (Å²) in [7, 11) is 0. The summed E-state index contributed by atoms with van der Waals surface area (Å²) < 4.78 is 0.964. The Kier molecular flexibility index (Phi) is 3.64. The lowest BCUT2D eigenvalue weighted by Gasteiger charge is -2.23. The number of nitrogens with zero attached hydrogens (tertiary/aromatic N) is 1. The average molecular weight is 282 g/mol. The van der Waals surface area contributed by atoms with E-state index in [1.54, 1.807) is 0 Å².